The summed E-state index contributed by atoms with van der Waals surface area (Å²) < 4.78 is 0. The van der Waals surface area contributed by atoms with Gasteiger partial charge in [0, 0.05) is 12.1 Å². The SMILES string of the molecule is Cc1ccccc1CN1C(=O)[C@H]2N(C(=O)[C@@H](O)[C@H](Cc3ccccc3)NC(=O)c3ccc(O)cc3C)CSC21C. The molecule has 208 valence electrons. The lowest BCUT2D eigenvalue weighted by molar-refractivity contribution is -0.168. The third-order valence-electron chi connectivity index (χ3n) is 7.93. The van der Waals surface area contributed by atoms with Crippen LogP contribution in [0.4, 0.5) is 0 Å². The van der Waals surface area contributed by atoms with Gasteiger partial charge in [0.1, 0.15) is 16.7 Å². The molecule has 5 rings (SSSR count). The van der Waals surface area contributed by atoms with Gasteiger partial charge in [-0.1, -0.05) is 54.6 Å². The molecule has 0 aliphatic carbocycles. The van der Waals surface area contributed by atoms with E-state index in [1.54, 1.807) is 11.8 Å². The normalized spacial score (nSPS) is 21.4. The maximum absolute atomic E-state index is 13.7. The van der Waals surface area contributed by atoms with Crippen LogP contribution in [0.1, 0.15) is 39.5 Å². The van der Waals surface area contributed by atoms with E-state index in [0.717, 1.165) is 16.7 Å². The van der Waals surface area contributed by atoms with Gasteiger partial charge >= 0.3 is 0 Å². The molecule has 0 aromatic heterocycles. The largest absolute Gasteiger partial charge is 0.508 e. The first-order chi connectivity index (χ1) is 19.1. The number of aryl methyl sites for hydroxylation is 2. The molecule has 2 aliphatic rings. The molecule has 3 N–H and O–H groups in total. The fourth-order valence-corrected chi connectivity index (χ4v) is 6.89. The first-order valence-corrected chi connectivity index (χ1v) is 14.2. The third kappa shape index (κ3) is 5.07. The van der Waals surface area contributed by atoms with E-state index in [1.165, 1.54) is 34.9 Å². The lowest BCUT2D eigenvalue weighted by Crippen LogP contribution is -2.73. The first kappa shape index (κ1) is 27.7. The van der Waals surface area contributed by atoms with Crippen molar-refractivity contribution in [3.8, 4) is 5.75 Å². The number of hydrogen-bond donors (Lipinski definition) is 3. The van der Waals surface area contributed by atoms with Crippen LogP contribution in [0, 0.1) is 13.8 Å². The van der Waals surface area contributed by atoms with E-state index in [2.05, 4.69) is 5.32 Å². The lowest BCUT2D eigenvalue weighted by Gasteiger charge is -2.53. The van der Waals surface area contributed by atoms with Gasteiger partial charge in [-0.25, -0.2) is 0 Å². The Morgan fingerprint density at radius 3 is 2.45 bits per heavy atom. The monoisotopic (exact) mass is 559 g/mol. The molecule has 0 bridgehead atoms. The van der Waals surface area contributed by atoms with Crippen molar-refractivity contribution in [1.82, 2.24) is 15.1 Å². The third-order valence-corrected chi connectivity index (χ3v) is 9.36. The van der Waals surface area contributed by atoms with Gasteiger partial charge in [-0.2, -0.15) is 0 Å². The van der Waals surface area contributed by atoms with Crippen molar-refractivity contribution in [2.45, 2.75) is 56.8 Å². The highest BCUT2D eigenvalue weighted by atomic mass is 32.2. The Bertz CT molecular complexity index is 1450. The predicted molar refractivity (Wildman–Crippen MR) is 153 cm³/mol. The number of phenolic OH excluding ortho intramolecular Hbond substituents is 1. The number of nitrogens with one attached hydrogen (secondary N) is 1. The molecule has 0 saturated carbocycles. The minimum Gasteiger partial charge on any atom is -0.508 e. The molecule has 8 nitrogen and oxygen atoms in total. The average Bonchev–Trinajstić information content (AvgIpc) is 3.25. The van der Waals surface area contributed by atoms with Gasteiger partial charge in [0.05, 0.1) is 11.9 Å². The quantitative estimate of drug-likeness (QED) is 0.365. The number of thioether (sulfide) groups is 1. The van der Waals surface area contributed by atoms with Crippen molar-refractivity contribution in [1.29, 1.82) is 0 Å². The van der Waals surface area contributed by atoms with Crippen LogP contribution in [0.3, 0.4) is 0 Å². The average molecular weight is 560 g/mol. The summed E-state index contributed by atoms with van der Waals surface area (Å²) in [7, 11) is 0. The number of nitrogens with zero attached hydrogens (tertiary/aromatic N) is 2. The highest BCUT2D eigenvalue weighted by molar-refractivity contribution is 8.01. The predicted octanol–water partition coefficient (Wildman–Crippen LogP) is 3.37. The zero-order chi connectivity index (χ0) is 28.6. The number of amides is 3. The van der Waals surface area contributed by atoms with Crippen molar-refractivity contribution in [3.63, 3.8) is 0 Å². The van der Waals surface area contributed by atoms with Gasteiger partial charge in [0.15, 0.2) is 6.10 Å². The number of aromatic hydroxyl groups is 1. The van der Waals surface area contributed by atoms with Crippen LogP contribution in [-0.2, 0) is 22.6 Å². The summed E-state index contributed by atoms with van der Waals surface area (Å²) >= 11 is 1.50. The lowest BCUT2D eigenvalue weighted by atomic mass is 9.91. The maximum atomic E-state index is 13.7. The summed E-state index contributed by atoms with van der Waals surface area (Å²) in [6.07, 6.45) is -1.35. The van der Waals surface area contributed by atoms with Crippen LogP contribution in [0.2, 0.25) is 0 Å². The smallest absolute Gasteiger partial charge is 0.255 e. The Kier molecular flexibility index (Phi) is 7.61. The summed E-state index contributed by atoms with van der Waals surface area (Å²) in [5.74, 6) is -0.902. The molecule has 2 fully saturated rings. The molecule has 40 heavy (non-hydrogen) atoms. The van der Waals surface area contributed by atoms with Crippen molar-refractivity contribution in [2.24, 2.45) is 0 Å². The number of aliphatic hydroxyl groups is 1. The van der Waals surface area contributed by atoms with Crippen LogP contribution in [-0.4, -0.2) is 66.7 Å². The number of phenols is 1. The molecule has 2 aliphatic heterocycles. The van der Waals surface area contributed by atoms with Crippen LogP contribution in [0.5, 0.6) is 5.75 Å². The number of fused-ring (bicyclic) bond motifs is 1. The second kappa shape index (κ2) is 11.0. The number of carbonyl (C=O) groups excluding carboxylic acids is 3. The number of rotatable bonds is 8. The van der Waals surface area contributed by atoms with Gasteiger partial charge in [0.25, 0.3) is 11.8 Å². The Morgan fingerprint density at radius 1 is 1.05 bits per heavy atom. The first-order valence-electron chi connectivity index (χ1n) is 13.2. The van der Waals surface area contributed by atoms with Gasteiger partial charge in [-0.3, -0.25) is 14.4 Å². The van der Waals surface area contributed by atoms with E-state index >= 15 is 0 Å². The van der Waals surface area contributed by atoms with Crippen molar-refractivity contribution < 1.29 is 24.6 Å². The summed E-state index contributed by atoms with van der Waals surface area (Å²) in [5, 5.41) is 23.9. The van der Waals surface area contributed by atoms with Gasteiger partial charge in [-0.05, 0) is 67.6 Å². The molecule has 2 heterocycles. The second-order valence-electron chi connectivity index (χ2n) is 10.6. The Labute approximate surface area is 238 Å². The van der Waals surface area contributed by atoms with E-state index in [0.29, 0.717) is 17.7 Å². The highest BCUT2D eigenvalue weighted by Gasteiger charge is 2.65. The molecule has 1 unspecified atom stereocenters. The van der Waals surface area contributed by atoms with E-state index in [4.69, 9.17) is 0 Å². The van der Waals surface area contributed by atoms with Crippen LogP contribution >= 0.6 is 11.8 Å². The number of likely N-dealkylation sites (tertiary alicyclic amines) is 1. The van der Waals surface area contributed by atoms with Crippen LogP contribution < -0.4 is 5.32 Å². The van der Waals surface area contributed by atoms with Gasteiger partial charge < -0.3 is 25.3 Å². The minimum atomic E-state index is -1.57. The number of benzene rings is 3. The van der Waals surface area contributed by atoms with E-state index < -0.39 is 34.9 Å². The molecule has 3 amide bonds. The van der Waals surface area contributed by atoms with E-state index in [-0.39, 0.29) is 24.0 Å². The Morgan fingerprint density at radius 2 is 1.75 bits per heavy atom. The number of β-lactam (4-membered cyclic amide) rings is 1. The summed E-state index contributed by atoms with van der Waals surface area (Å²) in [4.78, 5) is 42.9. The van der Waals surface area contributed by atoms with Crippen molar-refractivity contribution >= 4 is 29.5 Å². The molecule has 4 atom stereocenters. The Balaban J connectivity index is 1.35. The van der Waals surface area contributed by atoms with Gasteiger partial charge in [-0.15, -0.1) is 11.8 Å². The second-order valence-corrected chi connectivity index (χ2v) is 12.0. The minimum absolute atomic E-state index is 0.0429. The summed E-state index contributed by atoms with van der Waals surface area (Å²) in [5.41, 5.74) is 3.89. The molecule has 3 aromatic carbocycles. The summed E-state index contributed by atoms with van der Waals surface area (Å²) in [6, 6.07) is 20.0. The zero-order valence-corrected chi connectivity index (χ0v) is 23.5. The van der Waals surface area contributed by atoms with E-state index in [9.17, 15) is 24.6 Å². The molecule has 0 radical (unpaired) electrons. The number of carbonyl (C=O) groups is 3. The maximum Gasteiger partial charge on any atom is 0.255 e. The molecule has 2 saturated heterocycles. The molecule has 3 aromatic rings. The molecule has 0 spiro atoms. The number of hydrogen-bond acceptors (Lipinski definition) is 6. The fourth-order valence-electron chi connectivity index (χ4n) is 5.52. The molecular formula is C31H33N3O5S. The van der Waals surface area contributed by atoms with E-state index in [1.807, 2.05) is 68.4 Å². The Hall–Kier alpha value is -3.82. The summed E-state index contributed by atoms with van der Waals surface area (Å²) in [6.45, 7) is 6.12. The van der Waals surface area contributed by atoms with Crippen LogP contribution in [0.15, 0.2) is 72.8 Å². The molecule has 9 heteroatoms. The fraction of sp³-hybridized carbons (Fsp3) is 0.323. The molecular weight excluding hydrogens is 526 g/mol. The number of aliphatic hydroxyl groups excluding tert-OH is 1. The van der Waals surface area contributed by atoms with Crippen molar-refractivity contribution in [2.75, 3.05) is 5.88 Å². The highest BCUT2D eigenvalue weighted by Crippen LogP contribution is 2.51. The van der Waals surface area contributed by atoms with Crippen LogP contribution in [0.25, 0.3) is 0 Å². The van der Waals surface area contributed by atoms with Gasteiger partial charge in [0.2, 0.25) is 5.91 Å². The topological polar surface area (TPSA) is 110 Å². The zero-order valence-electron chi connectivity index (χ0n) is 22.7. The van der Waals surface area contributed by atoms with Crippen molar-refractivity contribution in [3.05, 3.63) is 101 Å². The standard InChI is InChI=1S/C31H33N3O5S/c1-19-9-7-8-12-22(19)17-34-30(39)27-31(34,3)40-18-33(27)29(38)26(36)25(16-21-10-5-4-6-11-21)32-28(37)24-14-13-23(35)15-20(24)2/h4-15,25-27,35-36H,16-18H2,1-3H3,(H,32,37)/t25-,26-,27+,31?/m0/s1.